The molecule has 4 rings (SSSR count). The van der Waals surface area contributed by atoms with Gasteiger partial charge in [-0.1, -0.05) is 17.7 Å². The number of pyridine rings is 1. The summed E-state index contributed by atoms with van der Waals surface area (Å²) in [5.41, 5.74) is 6.06. The van der Waals surface area contributed by atoms with Gasteiger partial charge in [-0.2, -0.15) is 0 Å². The molecule has 0 aliphatic rings. The first-order valence-corrected chi connectivity index (χ1v) is 7.48. The highest BCUT2D eigenvalue weighted by atomic mass is 15.0. The summed E-state index contributed by atoms with van der Waals surface area (Å²) in [6, 6.07) is 15.4. The molecule has 0 saturated heterocycles. The normalized spacial score (nSPS) is 11.8. The maximum Gasteiger partial charge on any atom is 0.0712 e. The zero-order chi connectivity index (χ0) is 14.6. The third kappa shape index (κ3) is 1.69. The zero-order valence-electron chi connectivity index (χ0n) is 12.6. The molecule has 0 fully saturated rings. The average molecular weight is 274 g/mol. The minimum Gasteiger partial charge on any atom is -0.341 e. The van der Waals surface area contributed by atoms with Gasteiger partial charge in [0, 0.05) is 39.4 Å². The fourth-order valence-electron chi connectivity index (χ4n) is 3.36. The molecule has 0 saturated carbocycles. The van der Waals surface area contributed by atoms with Crippen LogP contribution in [0.25, 0.3) is 32.7 Å². The molecule has 2 aromatic carbocycles. The van der Waals surface area contributed by atoms with Gasteiger partial charge >= 0.3 is 0 Å². The van der Waals surface area contributed by atoms with Crippen LogP contribution in [0.15, 0.2) is 42.5 Å². The van der Waals surface area contributed by atoms with Crippen molar-refractivity contribution in [3.8, 4) is 0 Å². The lowest BCUT2D eigenvalue weighted by Gasteiger charge is -2.04. The van der Waals surface area contributed by atoms with Crippen LogP contribution in [0.5, 0.6) is 0 Å². The quantitative estimate of drug-likeness (QED) is 0.478. The van der Waals surface area contributed by atoms with Gasteiger partial charge in [0.1, 0.15) is 0 Å². The first-order valence-electron chi connectivity index (χ1n) is 7.48. The van der Waals surface area contributed by atoms with Crippen molar-refractivity contribution in [1.82, 2.24) is 9.55 Å². The number of hydrogen-bond donors (Lipinski definition) is 0. The van der Waals surface area contributed by atoms with Crippen LogP contribution in [0, 0.1) is 13.8 Å². The molecule has 4 aromatic rings. The average Bonchev–Trinajstić information content (AvgIpc) is 2.80. The third-order valence-electron chi connectivity index (χ3n) is 4.31. The van der Waals surface area contributed by atoms with E-state index < -0.39 is 0 Å². The van der Waals surface area contributed by atoms with Crippen LogP contribution >= 0.6 is 0 Å². The van der Waals surface area contributed by atoms with Crippen molar-refractivity contribution in [2.24, 2.45) is 0 Å². The Labute approximate surface area is 124 Å². The first kappa shape index (κ1) is 12.4. The fraction of sp³-hybridized carbons (Fsp3) is 0.211. The minimum absolute atomic E-state index is 0.980. The second-order valence-electron chi connectivity index (χ2n) is 5.74. The maximum absolute atomic E-state index is 4.68. The Morgan fingerprint density at radius 3 is 2.52 bits per heavy atom. The highest BCUT2D eigenvalue weighted by Crippen LogP contribution is 2.34. The van der Waals surface area contributed by atoms with Gasteiger partial charge < -0.3 is 4.57 Å². The molecule has 0 bridgehead atoms. The number of aromatic nitrogens is 2. The molecule has 0 radical (unpaired) electrons. The van der Waals surface area contributed by atoms with E-state index >= 15 is 0 Å². The highest BCUT2D eigenvalue weighted by molar-refractivity contribution is 6.20. The van der Waals surface area contributed by atoms with Gasteiger partial charge in [0.2, 0.25) is 0 Å². The van der Waals surface area contributed by atoms with Crippen molar-refractivity contribution in [3.05, 3.63) is 53.7 Å². The van der Waals surface area contributed by atoms with E-state index in [4.69, 9.17) is 0 Å². The molecule has 2 heteroatoms. The van der Waals surface area contributed by atoms with Crippen molar-refractivity contribution in [2.75, 3.05) is 0 Å². The summed E-state index contributed by atoms with van der Waals surface area (Å²) in [6.07, 6.45) is 0. The number of hydrogen-bond acceptors (Lipinski definition) is 1. The number of benzene rings is 2. The molecule has 0 N–H and O–H groups in total. The zero-order valence-corrected chi connectivity index (χ0v) is 12.6. The summed E-state index contributed by atoms with van der Waals surface area (Å²) < 4.78 is 2.39. The van der Waals surface area contributed by atoms with Crippen LogP contribution in [-0.2, 0) is 6.54 Å². The predicted octanol–water partition coefficient (Wildman–Crippen LogP) is 4.98. The van der Waals surface area contributed by atoms with Crippen LogP contribution in [0.1, 0.15) is 18.2 Å². The van der Waals surface area contributed by atoms with E-state index in [1.807, 2.05) is 6.92 Å². The van der Waals surface area contributed by atoms with Crippen molar-refractivity contribution >= 4 is 32.7 Å². The van der Waals surface area contributed by atoms with Gasteiger partial charge in [-0.15, -0.1) is 0 Å². The van der Waals surface area contributed by atoms with Crippen LogP contribution in [0.2, 0.25) is 0 Å². The monoisotopic (exact) mass is 274 g/mol. The van der Waals surface area contributed by atoms with Crippen molar-refractivity contribution in [1.29, 1.82) is 0 Å². The molecular formula is C19H18N2. The van der Waals surface area contributed by atoms with E-state index in [1.165, 1.54) is 32.8 Å². The summed E-state index contributed by atoms with van der Waals surface area (Å²) >= 11 is 0. The highest BCUT2D eigenvalue weighted by Gasteiger charge is 2.13. The largest absolute Gasteiger partial charge is 0.341 e. The molecule has 2 aromatic heterocycles. The van der Waals surface area contributed by atoms with Crippen LogP contribution in [0.4, 0.5) is 0 Å². The van der Waals surface area contributed by atoms with E-state index in [-0.39, 0.29) is 0 Å². The van der Waals surface area contributed by atoms with Crippen molar-refractivity contribution in [3.63, 3.8) is 0 Å². The first-order chi connectivity index (χ1) is 10.2. The lowest BCUT2D eigenvalue weighted by Crippen LogP contribution is -1.93. The van der Waals surface area contributed by atoms with E-state index in [9.17, 15) is 0 Å². The summed E-state index contributed by atoms with van der Waals surface area (Å²) in [4.78, 5) is 4.68. The summed E-state index contributed by atoms with van der Waals surface area (Å²) in [6.45, 7) is 7.38. The van der Waals surface area contributed by atoms with E-state index in [1.54, 1.807) is 0 Å². The Balaban J connectivity index is 2.32. The molecule has 0 aliphatic carbocycles. The smallest absolute Gasteiger partial charge is 0.0712 e. The third-order valence-corrected chi connectivity index (χ3v) is 4.31. The van der Waals surface area contributed by atoms with Gasteiger partial charge in [-0.05, 0) is 51.1 Å². The Bertz CT molecular complexity index is 993. The molecule has 0 atom stereocenters. The van der Waals surface area contributed by atoms with Crippen LogP contribution in [-0.4, -0.2) is 9.55 Å². The summed E-state index contributed by atoms with van der Waals surface area (Å²) in [5, 5.41) is 3.92. The number of aryl methyl sites for hydroxylation is 3. The molecule has 0 spiro atoms. The molecule has 2 nitrogen and oxygen atoms in total. The van der Waals surface area contributed by atoms with Gasteiger partial charge in [0.05, 0.1) is 5.52 Å². The Kier molecular flexibility index (Phi) is 2.55. The van der Waals surface area contributed by atoms with E-state index in [0.29, 0.717) is 0 Å². The maximum atomic E-state index is 4.68. The molecule has 0 unspecified atom stereocenters. The molecule has 0 amide bonds. The topological polar surface area (TPSA) is 17.8 Å². The van der Waals surface area contributed by atoms with E-state index in [0.717, 1.165) is 17.8 Å². The SMILES string of the molecule is CCn1c2ccc(C)cc2c2c3ccc(C)nc3ccc21. The lowest BCUT2D eigenvalue weighted by atomic mass is 10.1. The number of rotatable bonds is 1. The van der Waals surface area contributed by atoms with Gasteiger partial charge in [-0.25, -0.2) is 0 Å². The fourth-order valence-corrected chi connectivity index (χ4v) is 3.36. The second kappa shape index (κ2) is 4.32. The predicted molar refractivity (Wildman–Crippen MR) is 89.9 cm³/mol. The Hall–Kier alpha value is -2.35. The Morgan fingerprint density at radius 1 is 0.905 bits per heavy atom. The van der Waals surface area contributed by atoms with Gasteiger partial charge in [0.25, 0.3) is 0 Å². The number of fused-ring (bicyclic) bond motifs is 5. The molecular weight excluding hydrogens is 256 g/mol. The van der Waals surface area contributed by atoms with Crippen molar-refractivity contribution in [2.45, 2.75) is 27.3 Å². The van der Waals surface area contributed by atoms with Crippen LogP contribution < -0.4 is 0 Å². The standard InChI is InChI=1S/C19H18N2/c1-4-21-17-9-5-12(2)11-15(17)19-14-7-6-13(3)20-16(14)8-10-18(19)21/h5-11H,4H2,1-3H3. The minimum atomic E-state index is 0.980. The second-order valence-corrected chi connectivity index (χ2v) is 5.74. The van der Waals surface area contributed by atoms with Gasteiger partial charge in [0.15, 0.2) is 0 Å². The summed E-state index contributed by atoms with van der Waals surface area (Å²) in [5.74, 6) is 0. The number of nitrogens with zero attached hydrogens (tertiary/aromatic N) is 2. The van der Waals surface area contributed by atoms with Gasteiger partial charge in [-0.3, -0.25) is 4.98 Å². The lowest BCUT2D eigenvalue weighted by molar-refractivity contribution is 0.827. The Morgan fingerprint density at radius 2 is 1.71 bits per heavy atom. The molecule has 104 valence electrons. The molecule has 0 aliphatic heterocycles. The van der Waals surface area contributed by atoms with Crippen LogP contribution in [0.3, 0.4) is 0 Å². The molecule has 2 heterocycles. The summed E-state index contributed by atoms with van der Waals surface area (Å²) in [7, 11) is 0. The van der Waals surface area contributed by atoms with Crippen molar-refractivity contribution < 1.29 is 0 Å². The van der Waals surface area contributed by atoms with E-state index in [2.05, 4.69) is 65.9 Å². The molecule has 21 heavy (non-hydrogen) atoms.